The molecule has 0 radical (unpaired) electrons. The van der Waals surface area contributed by atoms with Gasteiger partial charge in [0.2, 0.25) is 0 Å². The van der Waals surface area contributed by atoms with Gasteiger partial charge in [0.25, 0.3) is 5.91 Å². The Morgan fingerprint density at radius 1 is 1.35 bits per heavy atom. The molecule has 2 aliphatic rings. The number of nitrogens with zero attached hydrogens (tertiary/aromatic N) is 2. The number of carbonyl (C=O) groups excluding carboxylic acids is 2. The fourth-order valence-corrected chi connectivity index (χ4v) is 3.29. The summed E-state index contributed by atoms with van der Waals surface area (Å²) in [6.07, 6.45) is 5.39. The molecule has 1 fully saturated rings. The first-order chi connectivity index (χ1) is 11.1. The molecule has 23 heavy (non-hydrogen) atoms. The lowest BCUT2D eigenvalue weighted by atomic mass is 9.96. The number of furan rings is 1. The van der Waals surface area contributed by atoms with Crippen molar-refractivity contribution in [2.75, 3.05) is 0 Å². The maximum Gasteiger partial charge on any atom is 0.325 e. The second kappa shape index (κ2) is 4.97. The molecule has 1 unspecified atom stereocenters. The molecule has 4 rings (SSSR count). The zero-order valence-electron chi connectivity index (χ0n) is 12.8. The van der Waals surface area contributed by atoms with Gasteiger partial charge in [-0.1, -0.05) is 5.16 Å². The van der Waals surface area contributed by atoms with E-state index in [9.17, 15) is 9.59 Å². The van der Waals surface area contributed by atoms with Crippen molar-refractivity contribution < 1.29 is 18.5 Å². The molecule has 120 valence electrons. The number of nitrogens with one attached hydrogen (secondary N) is 1. The van der Waals surface area contributed by atoms with Crippen molar-refractivity contribution in [1.29, 1.82) is 0 Å². The average molecular weight is 315 g/mol. The van der Waals surface area contributed by atoms with Crippen LogP contribution in [0.3, 0.4) is 0 Å². The van der Waals surface area contributed by atoms with Gasteiger partial charge in [-0.3, -0.25) is 9.69 Å². The Morgan fingerprint density at radius 2 is 2.17 bits per heavy atom. The Labute approximate surface area is 132 Å². The molecule has 1 saturated heterocycles. The molecule has 2 aromatic rings. The van der Waals surface area contributed by atoms with E-state index in [0.29, 0.717) is 11.5 Å². The van der Waals surface area contributed by atoms with Crippen LogP contribution in [0.1, 0.15) is 42.5 Å². The lowest BCUT2D eigenvalue weighted by Crippen LogP contribution is -2.40. The summed E-state index contributed by atoms with van der Waals surface area (Å²) in [4.78, 5) is 26.2. The lowest BCUT2D eigenvalue weighted by molar-refractivity contribution is -0.132. The highest BCUT2D eigenvalue weighted by atomic mass is 16.5. The molecule has 0 spiro atoms. The van der Waals surface area contributed by atoms with E-state index in [-0.39, 0.29) is 12.5 Å². The molecule has 3 heterocycles. The average Bonchev–Trinajstić information content (AvgIpc) is 3.25. The minimum Gasteiger partial charge on any atom is -0.466 e. The van der Waals surface area contributed by atoms with E-state index < -0.39 is 11.6 Å². The smallest absolute Gasteiger partial charge is 0.325 e. The first-order valence-corrected chi connectivity index (χ1v) is 7.74. The molecule has 0 aromatic carbocycles. The number of aromatic nitrogens is 1. The van der Waals surface area contributed by atoms with Crippen LogP contribution in [0, 0.1) is 0 Å². The Kier molecular flexibility index (Phi) is 3.04. The van der Waals surface area contributed by atoms with Crippen LogP contribution in [0.2, 0.25) is 0 Å². The number of amides is 3. The van der Waals surface area contributed by atoms with Gasteiger partial charge in [0, 0.05) is 12.0 Å². The number of fused-ring (bicyclic) bond motifs is 1. The van der Waals surface area contributed by atoms with Crippen molar-refractivity contribution >= 4 is 11.9 Å². The van der Waals surface area contributed by atoms with Gasteiger partial charge >= 0.3 is 6.03 Å². The number of urea groups is 1. The normalized spacial score (nSPS) is 24.0. The van der Waals surface area contributed by atoms with Crippen molar-refractivity contribution in [2.45, 2.75) is 44.7 Å². The Balaban J connectivity index is 1.62. The topological polar surface area (TPSA) is 88.6 Å². The molecule has 0 saturated carbocycles. The van der Waals surface area contributed by atoms with E-state index in [1.54, 1.807) is 19.1 Å². The van der Waals surface area contributed by atoms with Gasteiger partial charge in [-0.25, -0.2) is 4.79 Å². The van der Waals surface area contributed by atoms with E-state index in [0.717, 1.165) is 37.0 Å². The van der Waals surface area contributed by atoms with Crippen molar-refractivity contribution in [1.82, 2.24) is 15.4 Å². The van der Waals surface area contributed by atoms with Crippen LogP contribution in [-0.2, 0) is 29.7 Å². The highest BCUT2D eigenvalue weighted by Crippen LogP contribution is 2.31. The molecule has 1 aliphatic carbocycles. The van der Waals surface area contributed by atoms with Crippen molar-refractivity contribution in [3.05, 3.63) is 41.2 Å². The van der Waals surface area contributed by atoms with Crippen molar-refractivity contribution in [2.24, 2.45) is 0 Å². The first-order valence-electron chi connectivity index (χ1n) is 7.74. The van der Waals surface area contributed by atoms with Crippen LogP contribution < -0.4 is 5.32 Å². The predicted molar refractivity (Wildman–Crippen MR) is 78.3 cm³/mol. The summed E-state index contributed by atoms with van der Waals surface area (Å²) in [5, 5.41) is 6.78. The van der Waals surface area contributed by atoms with E-state index >= 15 is 0 Å². The third-order valence-corrected chi connectivity index (χ3v) is 4.63. The highest BCUT2D eigenvalue weighted by Gasteiger charge is 2.51. The van der Waals surface area contributed by atoms with Gasteiger partial charge in [-0.2, -0.15) is 0 Å². The number of rotatable bonds is 3. The zero-order valence-corrected chi connectivity index (χ0v) is 12.8. The fraction of sp³-hybridized carbons (Fsp3) is 0.438. The van der Waals surface area contributed by atoms with E-state index in [1.807, 2.05) is 0 Å². The lowest BCUT2D eigenvalue weighted by Gasteiger charge is -2.19. The molecular formula is C16H17N3O4. The Bertz CT molecular complexity index is 764. The van der Waals surface area contributed by atoms with Crippen LogP contribution in [0.5, 0.6) is 0 Å². The van der Waals surface area contributed by atoms with Gasteiger partial charge in [0.1, 0.15) is 17.2 Å². The standard InChI is InChI=1S/C16H17N3O4/c1-16(13-7-4-8-22-13)14(20)19(15(21)17-16)9-11-10-5-2-3-6-12(10)23-18-11/h4,7-8H,2-3,5-6,9H2,1H3,(H,17,21). The third kappa shape index (κ3) is 2.07. The molecule has 3 amide bonds. The quantitative estimate of drug-likeness (QED) is 0.876. The highest BCUT2D eigenvalue weighted by molar-refractivity contribution is 6.06. The molecular weight excluding hydrogens is 298 g/mol. The molecule has 7 nitrogen and oxygen atoms in total. The maximum atomic E-state index is 12.8. The van der Waals surface area contributed by atoms with Gasteiger partial charge in [0.15, 0.2) is 5.54 Å². The van der Waals surface area contributed by atoms with Crippen LogP contribution in [-0.4, -0.2) is 22.0 Å². The second-order valence-electron chi connectivity index (χ2n) is 6.16. The summed E-state index contributed by atoms with van der Waals surface area (Å²) >= 11 is 0. The van der Waals surface area contributed by atoms with Gasteiger partial charge in [-0.05, 0) is 38.3 Å². The summed E-state index contributed by atoms with van der Waals surface area (Å²) in [6, 6.07) is 2.93. The number of imide groups is 1. The fourth-order valence-electron chi connectivity index (χ4n) is 3.29. The molecule has 1 aliphatic heterocycles. The van der Waals surface area contributed by atoms with E-state index in [4.69, 9.17) is 8.94 Å². The van der Waals surface area contributed by atoms with Gasteiger partial charge in [-0.15, -0.1) is 0 Å². The van der Waals surface area contributed by atoms with E-state index in [2.05, 4.69) is 10.5 Å². The largest absolute Gasteiger partial charge is 0.466 e. The van der Waals surface area contributed by atoms with Gasteiger partial charge < -0.3 is 14.3 Å². The van der Waals surface area contributed by atoms with Crippen LogP contribution in [0.4, 0.5) is 4.79 Å². The third-order valence-electron chi connectivity index (χ3n) is 4.63. The second-order valence-corrected chi connectivity index (χ2v) is 6.16. The molecule has 7 heteroatoms. The Morgan fingerprint density at radius 3 is 2.96 bits per heavy atom. The summed E-state index contributed by atoms with van der Waals surface area (Å²) < 4.78 is 10.7. The van der Waals surface area contributed by atoms with Crippen LogP contribution >= 0.6 is 0 Å². The van der Waals surface area contributed by atoms with Crippen molar-refractivity contribution in [3.63, 3.8) is 0 Å². The minimum atomic E-state index is -1.18. The number of hydrogen-bond acceptors (Lipinski definition) is 5. The monoisotopic (exact) mass is 315 g/mol. The van der Waals surface area contributed by atoms with E-state index in [1.165, 1.54) is 11.2 Å². The predicted octanol–water partition coefficient (Wildman–Crippen LogP) is 2.11. The minimum absolute atomic E-state index is 0.125. The first kappa shape index (κ1) is 14.0. The maximum absolute atomic E-state index is 12.8. The van der Waals surface area contributed by atoms with Crippen LogP contribution in [0.15, 0.2) is 27.3 Å². The van der Waals surface area contributed by atoms with Gasteiger partial charge in [0.05, 0.1) is 12.8 Å². The van der Waals surface area contributed by atoms with Crippen molar-refractivity contribution in [3.8, 4) is 0 Å². The summed E-state index contributed by atoms with van der Waals surface area (Å²) in [7, 11) is 0. The summed E-state index contributed by atoms with van der Waals surface area (Å²) in [6.45, 7) is 1.77. The summed E-state index contributed by atoms with van der Waals surface area (Å²) in [5.41, 5.74) is 0.542. The molecule has 1 atom stereocenters. The number of hydrogen-bond donors (Lipinski definition) is 1. The molecule has 0 bridgehead atoms. The SMILES string of the molecule is CC1(c2ccco2)NC(=O)N(Cc2noc3c2CCCC3)C1=O. The summed E-state index contributed by atoms with van der Waals surface area (Å²) in [5.74, 6) is 0.956. The number of carbonyl (C=O) groups is 2. The zero-order chi connectivity index (χ0) is 16.0. The Hall–Kier alpha value is -2.57. The van der Waals surface area contributed by atoms with Crippen LogP contribution in [0.25, 0.3) is 0 Å². The number of aryl methyl sites for hydroxylation is 1. The molecule has 1 N–H and O–H groups in total. The molecule has 2 aromatic heterocycles.